The zero-order valence-electron chi connectivity index (χ0n) is 15.5. The van der Waals surface area contributed by atoms with Crippen LogP contribution in [0.15, 0.2) is 109 Å². The molecule has 132 valence electrons. The van der Waals surface area contributed by atoms with Gasteiger partial charge in [-0.25, -0.2) is 0 Å². The van der Waals surface area contributed by atoms with E-state index in [1.165, 1.54) is 27.2 Å². The number of hydrogen-bond acceptors (Lipinski definition) is 1. The van der Waals surface area contributed by atoms with Crippen molar-refractivity contribution in [2.75, 3.05) is 0 Å². The van der Waals surface area contributed by atoms with Crippen molar-refractivity contribution in [3.8, 4) is 0 Å². The summed E-state index contributed by atoms with van der Waals surface area (Å²) in [6.45, 7) is 2.16. The summed E-state index contributed by atoms with van der Waals surface area (Å²) in [5.41, 5.74) is 2.44. The van der Waals surface area contributed by atoms with E-state index < -0.39 is 7.26 Å². The van der Waals surface area contributed by atoms with Crippen LogP contribution in [0.5, 0.6) is 0 Å². The molecule has 0 atom stereocenters. The fraction of sp³-hybridized carbons (Fsp3) is 0.0800. The first-order chi connectivity index (χ1) is 13.3. The Morgan fingerprint density at radius 1 is 0.593 bits per heavy atom. The number of pyridine rings is 1. The Kier molecular flexibility index (Phi) is 5.14. The Bertz CT molecular complexity index is 901. The van der Waals surface area contributed by atoms with Crippen molar-refractivity contribution < 1.29 is 0 Å². The van der Waals surface area contributed by atoms with Crippen LogP contribution >= 0.6 is 7.26 Å². The summed E-state index contributed by atoms with van der Waals surface area (Å²) in [7, 11) is -1.86. The molecular weight excluding hydrogens is 345 g/mol. The summed E-state index contributed by atoms with van der Waals surface area (Å²) >= 11 is 0. The van der Waals surface area contributed by atoms with Gasteiger partial charge in [0.1, 0.15) is 29.3 Å². The minimum absolute atomic E-state index is 0.928. The molecule has 0 spiro atoms. The van der Waals surface area contributed by atoms with Crippen LogP contribution in [0.25, 0.3) is 0 Å². The van der Waals surface area contributed by atoms with Gasteiger partial charge in [-0.15, -0.1) is 0 Å². The maximum Gasteiger partial charge on any atom is 0.118 e. The van der Waals surface area contributed by atoms with Gasteiger partial charge < -0.3 is 0 Å². The van der Waals surface area contributed by atoms with Gasteiger partial charge in [-0.1, -0.05) is 60.7 Å². The third-order valence-corrected chi connectivity index (χ3v) is 9.41. The van der Waals surface area contributed by atoms with E-state index in [2.05, 4.69) is 104 Å². The molecule has 27 heavy (non-hydrogen) atoms. The lowest BCUT2D eigenvalue weighted by molar-refractivity contribution is 1.12. The molecule has 0 aliphatic heterocycles. The van der Waals surface area contributed by atoms with Crippen LogP contribution in [0.2, 0.25) is 0 Å². The van der Waals surface area contributed by atoms with Crippen LogP contribution in [0.1, 0.15) is 11.3 Å². The summed E-state index contributed by atoms with van der Waals surface area (Å²) in [4.78, 5) is 4.77. The van der Waals surface area contributed by atoms with E-state index in [1.54, 1.807) is 0 Å². The van der Waals surface area contributed by atoms with Gasteiger partial charge in [0.2, 0.25) is 0 Å². The van der Waals surface area contributed by atoms with E-state index >= 15 is 0 Å². The van der Waals surface area contributed by atoms with Gasteiger partial charge in [0.25, 0.3) is 0 Å². The molecule has 0 amide bonds. The van der Waals surface area contributed by atoms with E-state index in [0.717, 1.165) is 6.16 Å². The van der Waals surface area contributed by atoms with E-state index in [-0.39, 0.29) is 0 Å². The van der Waals surface area contributed by atoms with Crippen LogP contribution < -0.4 is 15.9 Å². The monoisotopic (exact) mass is 368 g/mol. The molecule has 0 aliphatic carbocycles. The maximum absolute atomic E-state index is 4.77. The number of aryl methyl sites for hydroxylation is 1. The van der Waals surface area contributed by atoms with Crippen molar-refractivity contribution >= 4 is 23.2 Å². The lowest BCUT2D eigenvalue weighted by atomic mass is 10.2. The smallest absolute Gasteiger partial charge is 0.118 e. The average Bonchev–Trinajstić information content (AvgIpc) is 2.75. The summed E-state index contributed by atoms with van der Waals surface area (Å²) in [6, 6.07) is 37.1. The summed E-state index contributed by atoms with van der Waals surface area (Å²) in [5, 5.41) is 4.19. The third kappa shape index (κ3) is 3.44. The number of hydrogen-bond donors (Lipinski definition) is 0. The number of rotatable bonds is 5. The van der Waals surface area contributed by atoms with Gasteiger partial charge in [-0.3, -0.25) is 4.98 Å². The zero-order chi connectivity index (χ0) is 18.5. The van der Waals surface area contributed by atoms with Crippen molar-refractivity contribution in [3.05, 3.63) is 121 Å². The highest BCUT2D eigenvalue weighted by molar-refractivity contribution is 7.95. The summed E-state index contributed by atoms with van der Waals surface area (Å²) < 4.78 is 0. The van der Waals surface area contributed by atoms with Crippen LogP contribution in [-0.2, 0) is 6.16 Å². The SMILES string of the molecule is Cc1cccnc1C[P+](c1ccccc1)(c1ccccc1)c1ccccc1. The molecule has 0 saturated heterocycles. The largest absolute Gasteiger partial charge is 0.257 e. The second-order valence-corrected chi connectivity index (χ2v) is 10.2. The van der Waals surface area contributed by atoms with E-state index in [1.807, 2.05) is 12.3 Å². The molecule has 0 aliphatic rings. The third-order valence-electron chi connectivity index (χ3n) is 5.10. The minimum Gasteiger partial charge on any atom is -0.257 e. The molecule has 0 fully saturated rings. The zero-order valence-corrected chi connectivity index (χ0v) is 16.4. The number of benzene rings is 3. The van der Waals surface area contributed by atoms with Crippen molar-refractivity contribution in [3.63, 3.8) is 0 Å². The predicted molar refractivity (Wildman–Crippen MR) is 118 cm³/mol. The highest BCUT2D eigenvalue weighted by atomic mass is 31.2. The fourth-order valence-corrected chi connectivity index (χ4v) is 7.94. The lowest BCUT2D eigenvalue weighted by Crippen LogP contribution is -2.32. The fourth-order valence-electron chi connectivity index (χ4n) is 3.68. The Morgan fingerprint density at radius 2 is 1.04 bits per heavy atom. The number of aromatic nitrogens is 1. The molecule has 2 heteroatoms. The predicted octanol–water partition coefficient (Wildman–Crippen LogP) is 4.88. The quantitative estimate of drug-likeness (QED) is 0.457. The molecule has 0 N–H and O–H groups in total. The van der Waals surface area contributed by atoms with Crippen molar-refractivity contribution in [2.45, 2.75) is 13.1 Å². The molecule has 0 unspecified atom stereocenters. The molecule has 4 aromatic rings. The molecule has 4 rings (SSSR count). The number of nitrogens with zero attached hydrogens (tertiary/aromatic N) is 1. The molecule has 0 bridgehead atoms. The topological polar surface area (TPSA) is 12.9 Å². The Hall–Kier alpha value is -2.76. The Balaban J connectivity index is 2.02. The first-order valence-electron chi connectivity index (χ1n) is 9.26. The maximum atomic E-state index is 4.77. The van der Waals surface area contributed by atoms with Crippen LogP contribution in [-0.4, -0.2) is 4.98 Å². The van der Waals surface area contributed by atoms with E-state index in [9.17, 15) is 0 Å². The van der Waals surface area contributed by atoms with Gasteiger partial charge in [0.15, 0.2) is 0 Å². The van der Waals surface area contributed by atoms with E-state index in [0.29, 0.717) is 0 Å². The molecule has 1 nitrogen and oxygen atoms in total. The highest BCUT2D eigenvalue weighted by Crippen LogP contribution is 2.58. The second kappa shape index (κ2) is 7.86. The molecule has 0 radical (unpaired) electrons. The first kappa shape index (κ1) is 17.6. The summed E-state index contributed by atoms with van der Waals surface area (Å²) in [5.74, 6) is 0. The van der Waals surface area contributed by atoms with Crippen LogP contribution in [0.3, 0.4) is 0 Å². The molecule has 1 heterocycles. The van der Waals surface area contributed by atoms with Crippen molar-refractivity contribution in [2.24, 2.45) is 0 Å². The molecule has 1 aromatic heterocycles. The minimum atomic E-state index is -1.86. The van der Waals surface area contributed by atoms with Gasteiger partial charge in [0, 0.05) is 6.20 Å². The van der Waals surface area contributed by atoms with Crippen molar-refractivity contribution in [1.82, 2.24) is 4.98 Å². The van der Waals surface area contributed by atoms with Crippen LogP contribution in [0, 0.1) is 6.92 Å². The Labute approximate surface area is 162 Å². The lowest BCUT2D eigenvalue weighted by Gasteiger charge is -2.27. The Morgan fingerprint density at radius 3 is 1.44 bits per heavy atom. The average molecular weight is 368 g/mol. The van der Waals surface area contributed by atoms with Gasteiger partial charge in [0.05, 0.1) is 5.69 Å². The van der Waals surface area contributed by atoms with Gasteiger partial charge in [-0.05, 0) is 55.0 Å². The van der Waals surface area contributed by atoms with Crippen LogP contribution in [0.4, 0.5) is 0 Å². The second-order valence-electron chi connectivity index (χ2n) is 6.74. The van der Waals surface area contributed by atoms with E-state index in [4.69, 9.17) is 4.98 Å². The molecular formula is C25H23NP+. The first-order valence-corrected chi connectivity index (χ1v) is 11.2. The highest BCUT2D eigenvalue weighted by Gasteiger charge is 2.45. The van der Waals surface area contributed by atoms with Crippen molar-refractivity contribution in [1.29, 1.82) is 0 Å². The molecule has 3 aromatic carbocycles. The van der Waals surface area contributed by atoms with Gasteiger partial charge in [-0.2, -0.15) is 0 Å². The van der Waals surface area contributed by atoms with Gasteiger partial charge >= 0.3 is 0 Å². The normalized spacial score (nSPS) is 11.3. The molecule has 0 saturated carbocycles. The standard InChI is InChI=1S/C25H23NP/c1-21-12-11-19-26-25(21)20-27(22-13-5-2-6-14-22,23-15-7-3-8-16-23)24-17-9-4-10-18-24/h2-19H,20H2,1H3/q+1. The summed E-state index contributed by atoms with van der Waals surface area (Å²) in [6.07, 6.45) is 2.84.